The predicted molar refractivity (Wildman–Crippen MR) is 228 cm³/mol. The van der Waals surface area contributed by atoms with Crippen LogP contribution in [0.4, 0.5) is 0 Å². The summed E-state index contributed by atoms with van der Waals surface area (Å²) in [5.41, 5.74) is 11.5. The van der Waals surface area contributed by atoms with E-state index in [0.29, 0.717) is 5.82 Å². The van der Waals surface area contributed by atoms with E-state index in [9.17, 15) is 0 Å². The third kappa shape index (κ3) is 5.26. The number of hydrogen-bond donors (Lipinski definition) is 0. The van der Waals surface area contributed by atoms with Crippen LogP contribution in [0.5, 0.6) is 0 Å². The predicted octanol–water partition coefficient (Wildman–Crippen LogP) is 13.1. The van der Waals surface area contributed by atoms with Crippen molar-refractivity contribution in [3.63, 3.8) is 0 Å². The molecule has 11 rings (SSSR count). The van der Waals surface area contributed by atoms with Gasteiger partial charge in [0.15, 0.2) is 5.82 Å². The zero-order valence-electron chi connectivity index (χ0n) is 29.8. The van der Waals surface area contributed by atoms with Crippen LogP contribution in [0.3, 0.4) is 0 Å². The van der Waals surface area contributed by atoms with Crippen molar-refractivity contribution in [2.75, 3.05) is 0 Å². The molecule has 4 heteroatoms. The number of pyridine rings is 1. The normalized spacial score (nSPS) is 11.6. The molecule has 0 bridgehead atoms. The third-order valence-corrected chi connectivity index (χ3v) is 10.8. The Balaban J connectivity index is 1.06. The summed E-state index contributed by atoms with van der Waals surface area (Å²) in [7, 11) is 0. The van der Waals surface area contributed by atoms with Crippen LogP contribution >= 0.6 is 0 Å². The van der Waals surface area contributed by atoms with E-state index >= 15 is 0 Å². The van der Waals surface area contributed by atoms with Crippen molar-refractivity contribution in [3.8, 4) is 50.7 Å². The maximum atomic E-state index is 5.30. The lowest BCUT2D eigenvalue weighted by Crippen LogP contribution is -1.98. The number of hydrogen-bond acceptors (Lipinski definition) is 3. The van der Waals surface area contributed by atoms with Crippen molar-refractivity contribution in [3.05, 3.63) is 194 Å². The highest BCUT2D eigenvalue weighted by Gasteiger charge is 2.16. The molecule has 0 aliphatic heterocycles. The second-order valence-corrected chi connectivity index (χ2v) is 14.1. The maximum absolute atomic E-state index is 5.30. The standard InChI is InChI=1S/C51H32N4/c1-3-13-40-36(11-1)30-45(42-15-5-4-14-41(40)42)48-31-47(34-25-27-39(28-26-34)55-49-19-9-6-16-43(49)44-17-7-10-20-50(44)55)53-51(54-48)35-23-21-33(22-24-35)38-29-37-12-2-8-18-46(37)52-32-38/h1-32H. The highest BCUT2D eigenvalue weighted by molar-refractivity contribution is 6.13. The van der Waals surface area contributed by atoms with E-state index < -0.39 is 0 Å². The second kappa shape index (κ2) is 12.6. The van der Waals surface area contributed by atoms with Crippen molar-refractivity contribution < 1.29 is 0 Å². The average Bonchev–Trinajstić information content (AvgIpc) is 3.60. The molecule has 11 aromatic rings. The van der Waals surface area contributed by atoms with Gasteiger partial charge in [0.25, 0.3) is 0 Å². The lowest BCUT2D eigenvalue weighted by atomic mass is 9.95. The Labute approximate surface area is 317 Å². The van der Waals surface area contributed by atoms with Gasteiger partial charge in [-0.1, -0.05) is 140 Å². The molecule has 4 nitrogen and oxygen atoms in total. The van der Waals surface area contributed by atoms with Gasteiger partial charge in [0.05, 0.1) is 27.9 Å². The van der Waals surface area contributed by atoms with Gasteiger partial charge in [-0.2, -0.15) is 0 Å². The van der Waals surface area contributed by atoms with Crippen molar-refractivity contribution >= 4 is 54.3 Å². The maximum Gasteiger partial charge on any atom is 0.160 e. The fourth-order valence-corrected chi connectivity index (χ4v) is 8.15. The number of benzene rings is 8. The number of aromatic nitrogens is 4. The summed E-state index contributed by atoms with van der Waals surface area (Å²) in [5.74, 6) is 0.680. The number of rotatable bonds is 5. The molecule has 55 heavy (non-hydrogen) atoms. The molecular weight excluding hydrogens is 669 g/mol. The molecule has 0 saturated heterocycles. The smallest absolute Gasteiger partial charge is 0.160 e. The van der Waals surface area contributed by atoms with Crippen LogP contribution in [0.25, 0.3) is 105 Å². The first kappa shape index (κ1) is 31.1. The van der Waals surface area contributed by atoms with E-state index in [-0.39, 0.29) is 0 Å². The Bertz CT molecular complexity index is 3200. The van der Waals surface area contributed by atoms with Crippen LogP contribution < -0.4 is 0 Å². The molecule has 0 fully saturated rings. The van der Waals surface area contributed by atoms with Gasteiger partial charge in [-0.05, 0) is 75.6 Å². The Hall–Kier alpha value is -7.43. The Morgan fingerprint density at radius 2 is 0.927 bits per heavy atom. The third-order valence-electron chi connectivity index (χ3n) is 10.8. The topological polar surface area (TPSA) is 43.6 Å². The molecule has 0 saturated carbocycles. The Morgan fingerprint density at radius 3 is 1.67 bits per heavy atom. The average molecular weight is 701 g/mol. The molecule has 0 atom stereocenters. The fraction of sp³-hybridized carbons (Fsp3) is 0. The molecule has 0 N–H and O–H groups in total. The van der Waals surface area contributed by atoms with E-state index in [0.717, 1.165) is 61.2 Å². The number of fused-ring (bicyclic) bond motifs is 7. The van der Waals surface area contributed by atoms with Crippen LogP contribution in [-0.4, -0.2) is 19.5 Å². The summed E-state index contributed by atoms with van der Waals surface area (Å²) in [6.07, 6.45) is 1.94. The van der Waals surface area contributed by atoms with Gasteiger partial charge >= 0.3 is 0 Å². The highest BCUT2D eigenvalue weighted by Crippen LogP contribution is 2.38. The van der Waals surface area contributed by atoms with Crippen molar-refractivity contribution in [1.29, 1.82) is 0 Å². The van der Waals surface area contributed by atoms with Gasteiger partial charge in [-0.25, -0.2) is 9.97 Å². The van der Waals surface area contributed by atoms with Gasteiger partial charge in [0.1, 0.15) is 0 Å². The fourth-order valence-electron chi connectivity index (χ4n) is 8.15. The zero-order chi connectivity index (χ0) is 36.3. The van der Waals surface area contributed by atoms with Crippen molar-refractivity contribution in [2.45, 2.75) is 0 Å². The number of nitrogens with zero attached hydrogens (tertiary/aromatic N) is 4. The molecular formula is C51H32N4. The first-order valence-electron chi connectivity index (χ1n) is 18.6. The van der Waals surface area contributed by atoms with Gasteiger partial charge in [-0.15, -0.1) is 0 Å². The van der Waals surface area contributed by atoms with Crippen LogP contribution in [0.2, 0.25) is 0 Å². The quantitative estimate of drug-likeness (QED) is 0.168. The summed E-state index contributed by atoms with van der Waals surface area (Å²) in [4.78, 5) is 15.2. The van der Waals surface area contributed by atoms with E-state index in [1.54, 1.807) is 0 Å². The van der Waals surface area contributed by atoms with Crippen molar-refractivity contribution in [1.82, 2.24) is 19.5 Å². The molecule has 256 valence electrons. The van der Waals surface area contributed by atoms with Gasteiger partial charge < -0.3 is 4.57 Å². The monoisotopic (exact) mass is 700 g/mol. The lowest BCUT2D eigenvalue weighted by Gasteiger charge is -2.14. The van der Waals surface area contributed by atoms with Crippen LogP contribution in [0.1, 0.15) is 0 Å². The van der Waals surface area contributed by atoms with Crippen LogP contribution in [0, 0.1) is 0 Å². The molecule has 3 heterocycles. The van der Waals surface area contributed by atoms with E-state index in [1.165, 1.54) is 38.0 Å². The molecule has 0 amide bonds. The molecule has 0 radical (unpaired) electrons. The highest BCUT2D eigenvalue weighted by atomic mass is 15.0. The first-order valence-corrected chi connectivity index (χ1v) is 18.6. The minimum Gasteiger partial charge on any atom is -0.309 e. The largest absolute Gasteiger partial charge is 0.309 e. The zero-order valence-corrected chi connectivity index (χ0v) is 29.8. The van der Waals surface area contributed by atoms with Crippen molar-refractivity contribution in [2.24, 2.45) is 0 Å². The van der Waals surface area contributed by atoms with E-state index in [1.807, 2.05) is 18.3 Å². The Morgan fingerprint density at radius 1 is 0.364 bits per heavy atom. The summed E-state index contributed by atoms with van der Waals surface area (Å²) in [5, 5.41) is 8.41. The minimum atomic E-state index is 0.680. The van der Waals surface area contributed by atoms with E-state index in [2.05, 4.69) is 180 Å². The van der Waals surface area contributed by atoms with E-state index in [4.69, 9.17) is 15.0 Å². The van der Waals surface area contributed by atoms with Crippen LogP contribution in [-0.2, 0) is 0 Å². The van der Waals surface area contributed by atoms with Gasteiger partial charge in [0, 0.05) is 50.3 Å². The summed E-state index contributed by atoms with van der Waals surface area (Å²) in [6.45, 7) is 0. The lowest BCUT2D eigenvalue weighted by molar-refractivity contribution is 1.17. The molecule has 0 unspecified atom stereocenters. The summed E-state index contributed by atoms with van der Waals surface area (Å²) < 4.78 is 2.35. The molecule has 0 aliphatic carbocycles. The SMILES string of the molecule is c1ccc2ncc(-c3ccc(-c4nc(-c5ccc(-n6c7ccccc7c7ccccc76)cc5)cc(-c5cc6ccccc6c6ccccc56)n4)cc3)cc2c1. The molecule has 0 spiro atoms. The Kier molecular flexibility index (Phi) is 7.14. The molecule has 8 aromatic carbocycles. The van der Waals surface area contributed by atoms with Gasteiger partial charge in [-0.3, -0.25) is 4.98 Å². The second-order valence-electron chi connectivity index (χ2n) is 14.1. The summed E-state index contributed by atoms with van der Waals surface area (Å²) in [6, 6.07) is 66.6. The first-order chi connectivity index (χ1) is 27.2. The molecule has 0 aliphatic rings. The minimum absolute atomic E-state index is 0.680. The van der Waals surface area contributed by atoms with Gasteiger partial charge in [0.2, 0.25) is 0 Å². The number of para-hydroxylation sites is 3. The summed E-state index contributed by atoms with van der Waals surface area (Å²) >= 11 is 0. The molecule has 3 aromatic heterocycles. The van der Waals surface area contributed by atoms with Crippen LogP contribution in [0.15, 0.2) is 194 Å².